The molecule has 6 aromatic rings. The van der Waals surface area contributed by atoms with Crippen molar-refractivity contribution in [2.75, 3.05) is 38.8 Å². The van der Waals surface area contributed by atoms with E-state index in [4.69, 9.17) is 14.2 Å². The summed E-state index contributed by atoms with van der Waals surface area (Å²) in [5.41, 5.74) is 3.23. The number of esters is 3. The van der Waals surface area contributed by atoms with E-state index >= 15 is 0 Å². The van der Waals surface area contributed by atoms with Gasteiger partial charge in [-0.3, -0.25) is 42.8 Å². The first-order valence-electron chi connectivity index (χ1n) is 24.8. The summed E-state index contributed by atoms with van der Waals surface area (Å²) in [4.78, 5) is 115. The van der Waals surface area contributed by atoms with Crippen LogP contribution in [0.3, 0.4) is 0 Å². The summed E-state index contributed by atoms with van der Waals surface area (Å²) in [5, 5.41) is 30.6. The lowest BCUT2D eigenvalue weighted by atomic mass is 10.0. The Hall–Kier alpha value is -8.35. The van der Waals surface area contributed by atoms with Crippen molar-refractivity contribution < 1.29 is 57.4 Å². The highest BCUT2D eigenvalue weighted by Gasteiger charge is 2.27. The van der Waals surface area contributed by atoms with Gasteiger partial charge in [-0.2, -0.15) is 27.1 Å². The van der Waals surface area contributed by atoms with Gasteiger partial charge in [0.1, 0.15) is 51.0 Å². The number of nitrogens with one attached hydrogen (secondary N) is 6. The van der Waals surface area contributed by atoms with Gasteiger partial charge in [0.05, 0.1) is 61.9 Å². The summed E-state index contributed by atoms with van der Waals surface area (Å²) in [7, 11) is 1.24. The van der Waals surface area contributed by atoms with Crippen LogP contribution in [0, 0.1) is 11.8 Å². The standard InChI is InChI=1S/C52H64N12O12S/c1-31(2)17-39(51(72)75-29-33-11-13-41-36(18-33)21-57-63(41)27-47(69)53-23-43(65)59-38(15-16-77-6)50(71)74-5)60-44(66)24-54-48(70)28-64-42-14-12-34(19-37(42)22-58-64)30-76-52(73)49(32(3)4)61-45(67)25-55-46(68)26-62-40-10-8-7-9-35(40)20-56-62/h7-14,18-22,31-32,38-39,49H,15-17,23-30H2,1-6H3,(H,53,69)(H,54,70)(H,55,68)(H,59,65)(H,60,66)(H,61,67). The van der Waals surface area contributed by atoms with Crippen molar-refractivity contribution in [3.05, 3.63) is 90.4 Å². The van der Waals surface area contributed by atoms with E-state index in [9.17, 15) is 43.2 Å². The first-order chi connectivity index (χ1) is 36.9. The number of hydrogen-bond acceptors (Lipinski definition) is 16. The number of methoxy groups -OCH3 is 1. The topological polar surface area (TPSA) is 307 Å². The van der Waals surface area contributed by atoms with E-state index in [-0.39, 0.29) is 64.2 Å². The molecule has 0 fully saturated rings. The molecule has 0 saturated carbocycles. The van der Waals surface area contributed by atoms with E-state index in [1.165, 1.54) is 32.9 Å². The first kappa shape index (κ1) is 57.9. The number of amides is 6. The van der Waals surface area contributed by atoms with Gasteiger partial charge in [0, 0.05) is 16.2 Å². The molecule has 0 aliphatic carbocycles. The monoisotopic (exact) mass is 1080 g/mol. The Labute approximate surface area is 447 Å². The maximum atomic E-state index is 13.3. The molecule has 6 rings (SSSR count). The molecular weight excluding hydrogens is 1020 g/mol. The predicted octanol–water partition coefficient (Wildman–Crippen LogP) is 1.65. The van der Waals surface area contributed by atoms with Gasteiger partial charge < -0.3 is 46.1 Å². The fourth-order valence-electron chi connectivity index (χ4n) is 7.99. The fraction of sp³-hybridized carbons (Fsp3) is 0.423. The number of aromatic nitrogens is 6. The Morgan fingerprint density at radius 2 is 1.00 bits per heavy atom. The Balaban J connectivity index is 0.913. The van der Waals surface area contributed by atoms with Gasteiger partial charge in [0.2, 0.25) is 35.4 Å². The Morgan fingerprint density at radius 3 is 1.48 bits per heavy atom. The Bertz CT molecular complexity index is 3090. The van der Waals surface area contributed by atoms with Crippen molar-refractivity contribution >= 4 is 97.8 Å². The number of ether oxygens (including phenoxy) is 3. The second-order valence-corrected chi connectivity index (χ2v) is 19.7. The van der Waals surface area contributed by atoms with E-state index in [0.717, 1.165) is 10.9 Å². The molecule has 24 nitrogen and oxygen atoms in total. The number of hydrogen-bond donors (Lipinski definition) is 6. The van der Waals surface area contributed by atoms with Crippen LogP contribution in [0.5, 0.6) is 0 Å². The summed E-state index contributed by atoms with van der Waals surface area (Å²) < 4.78 is 20.4. The minimum atomic E-state index is -1.01. The molecule has 0 bridgehead atoms. The van der Waals surface area contributed by atoms with Gasteiger partial charge in [0.15, 0.2) is 0 Å². The van der Waals surface area contributed by atoms with Crippen molar-refractivity contribution in [2.45, 2.75) is 91.5 Å². The van der Waals surface area contributed by atoms with Crippen LogP contribution in [0.4, 0.5) is 0 Å². The molecule has 3 unspecified atom stereocenters. The normalized spacial score (nSPS) is 12.4. The first-order valence-corrected chi connectivity index (χ1v) is 26.2. The van der Waals surface area contributed by atoms with Gasteiger partial charge in [-0.25, -0.2) is 14.4 Å². The molecule has 0 spiro atoms. The molecule has 3 aromatic heterocycles. The van der Waals surface area contributed by atoms with E-state index in [1.54, 1.807) is 68.8 Å². The van der Waals surface area contributed by atoms with Crippen molar-refractivity contribution in [3.63, 3.8) is 0 Å². The molecular formula is C52H64N12O12S. The Kier molecular flexibility index (Phi) is 21.0. The number of carbonyl (C=O) groups is 9. The molecule has 0 aliphatic heterocycles. The van der Waals surface area contributed by atoms with Gasteiger partial charge in [-0.05, 0) is 78.1 Å². The maximum Gasteiger partial charge on any atom is 0.329 e. The van der Waals surface area contributed by atoms with Crippen molar-refractivity contribution in [3.8, 4) is 0 Å². The molecule has 3 heterocycles. The van der Waals surface area contributed by atoms with E-state index in [2.05, 4.69) is 47.2 Å². The van der Waals surface area contributed by atoms with Gasteiger partial charge >= 0.3 is 17.9 Å². The highest BCUT2D eigenvalue weighted by atomic mass is 32.2. The summed E-state index contributed by atoms with van der Waals surface area (Å²) >= 11 is 1.52. The number of thioether (sulfide) groups is 1. The van der Waals surface area contributed by atoms with Crippen molar-refractivity contribution in [1.29, 1.82) is 0 Å². The second-order valence-electron chi connectivity index (χ2n) is 18.8. The van der Waals surface area contributed by atoms with E-state index < -0.39 is 78.0 Å². The van der Waals surface area contributed by atoms with Gasteiger partial charge in [-0.15, -0.1) is 0 Å². The van der Waals surface area contributed by atoms with E-state index in [1.807, 2.05) is 44.4 Å². The summed E-state index contributed by atoms with van der Waals surface area (Å²) in [6.07, 6.45) is 7.26. The quantitative estimate of drug-likeness (QED) is 0.0301. The van der Waals surface area contributed by atoms with Crippen LogP contribution in [0.25, 0.3) is 32.7 Å². The number of carbonyl (C=O) groups excluding carboxylic acids is 9. The predicted molar refractivity (Wildman–Crippen MR) is 283 cm³/mol. The maximum absolute atomic E-state index is 13.3. The van der Waals surface area contributed by atoms with Crippen LogP contribution >= 0.6 is 11.8 Å². The SMILES string of the molecule is COC(=O)C(CCSC)NC(=O)CNC(=O)Cn1ncc2cc(COC(=O)C(CC(C)C)NC(=O)CNC(=O)Cn3ncc4cc(COC(=O)C(NC(=O)CNC(=O)Cn5ncc6ccccc65)C(C)C)ccc43)ccc21. The minimum Gasteiger partial charge on any atom is -0.467 e. The number of rotatable bonds is 28. The van der Waals surface area contributed by atoms with Gasteiger partial charge in [-0.1, -0.05) is 58.0 Å². The third-order valence-electron chi connectivity index (χ3n) is 11.9. The summed E-state index contributed by atoms with van der Waals surface area (Å²) in [6, 6.07) is 14.9. The average molecular weight is 1080 g/mol. The molecule has 25 heteroatoms. The van der Waals surface area contributed by atoms with Crippen molar-refractivity contribution in [1.82, 2.24) is 61.2 Å². The highest BCUT2D eigenvalue weighted by Crippen LogP contribution is 2.20. The zero-order chi connectivity index (χ0) is 55.6. The molecule has 0 saturated heterocycles. The largest absolute Gasteiger partial charge is 0.467 e. The molecule has 0 radical (unpaired) electrons. The number of benzene rings is 3. The zero-order valence-electron chi connectivity index (χ0n) is 43.7. The number of nitrogens with zero attached hydrogens (tertiary/aromatic N) is 6. The molecule has 3 atom stereocenters. The third kappa shape index (κ3) is 17.1. The Morgan fingerprint density at radius 1 is 0.545 bits per heavy atom. The van der Waals surface area contributed by atoms with Crippen LogP contribution in [-0.4, -0.2) is 140 Å². The highest BCUT2D eigenvalue weighted by molar-refractivity contribution is 7.98. The number of fused-ring (bicyclic) bond motifs is 3. The van der Waals surface area contributed by atoms with Crippen LogP contribution in [0.2, 0.25) is 0 Å². The molecule has 6 amide bonds. The van der Waals surface area contributed by atoms with Gasteiger partial charge in [0.25, 0.3) is 0 Å². The summed E-state index contributed by atoms with van der Waals surface area (Å²) in [5.74, 6) is -4.75. The molecule has 410 valence electrons. The molecule has 6 N–H and O–H groups in total. The lowest BCUT2D eigenvalue weighted by Crippen LogP contribution is -2.48. The van der Waals surface area contributed by atoms with Crippen molar-refractivity contribution in [2.24, 2.45) is 11.8 Å². The summed E-state index contributed by atoms with van der Waals surface area (Å²) in [6.45, 7) is 5.41. The van der Waals surface area contributed by atoms with Crippen LogP contribution in [-0.2, 0) is 90.2 Å². The fourth-order valence-corrected chi connectivity index (χ4v) is 8.46. The smallest absolute Gasteiger partial charge is 0.329 e. The van der Waals surface area contributed by atoms with Crippen LogP contribution in [0.15, 0.2) is 79.3 Å². The molecule has 77 heavy (non-hydrogen) atoms. The van der Waals surface area contributed by atoms with E-state index in [0.29, 0.717) is 45.1 Å². The lowest BCUT2D eigenvalue weighted by Gasteiger charge is -2.21. The third-order valence-corrected chi connectivity index (χ3v) is 12.6. The second kappa shape index (κ2) is 28.0. The average Bonchev–Trinajstić information content (AvgIpc) is 4.13. The minimum absolute atomic E-state index is 0.00295. The lowest BCUT2D eigenvalue weighted by molar-refractivity contribution is -0.150. The molecule has 3 aromatic carbocycles. The van der Waals surface area contributed by atoms with Crippen LogP contribution < -0.4 is 31.9 Å². The zero-order valence-corrected chi connectivity index (χ0v) is 44.5. The van der Waals surface area contributed by atoms with Crippen LogP contribution in [0.1, 0.15) is 51.7 Å². The molecule has 0 aliphatic rings. The number of para-hydroxylation sites is 1.